The number of nitrogens with zero attached hydrogens (tertiary/aromatic N) is 2. The summed E-state index contributed by atoms with van der Waals surface area (Å²) in [6.45, 7) is 1.90. The average molecular weight is 304 g/mol. The normalized spacial score (nSPS) is 10.8. The van der Waals surface area contributed by atoms with Crippen molar-refractivity contribution in [1.82, 2.24) is 9.78 Å². The van der Waals surface area contributed by atoms with Gasteiger partial charge in [-0.2, -0.15) is 5.10 Å². The Morgan fingerprint density at radius 2 is 2.25 bits per heavy atom. The van der Waals surface area contributed by atoms with E-state index in [0.717, 1.165) is 16.9 Å². The summed E-state index contributed by atoms with van der Waals surface area (Å²) in [5.41, 5.74) is 2.43. The Balaban J connectivity index is 2.51. The molecule has 0 atom stereocenters. The highest BCUT2D eigenvalue weighted by Crippen LogP contribution is 2.22. The topological polar surface area (TPSA) is 17.8 Å². The maximum atomic E-state index is 13.4. The number of rotatable bonds is 2. The van der Waals surface area contributed by atoms with Crippen molar-refractivity contribution in [2.75, 3.05) is 0 Å². The van der Waals surface area contributed by atoms with Gasteiger partial charge in [0.2, 0.25) is 0 Å². The highest BCUT2D eigenvalue weighted by molar-refractivity contribution is 9.10. The van der Waals surface area contributed by atoms with Crippen LogP contribution in [0.2, 0.25) is 0 Å². The predicted molar refractivity (Wildman–Crippen MR) is 65.5 cm³/mol. The Hall–Kier alpha value is -0.870. The third kappa shape index (κ3) is 2.13. The first-order chi connectivity index (χ1) is 7.61. The fourth-order valence-corrected chi connectivity index (χ4v) is 2.05. The van der Waals surface area contributed by atoms with E-state index < -0.39 is 0 Å². The van der Waals surface area contributed by atoms with Crippen LogP contribution in [0, 0.1) is 12.7 Å². The molecule has 1 aromatic heterocycles. The van der Waals surface area contributed by atoms with Crippen molar-refractivity contribution in [3.05, 3.63) is 45.9 Å². The minimum Gasteiger partial charge on any atom is -0.240 e. The van der Waals surface area contributed by atoms with Crippen LogP contribution < -0.4 is 0 Å². The lowest BCUT2D eigenvalue weighted by atomic mass is 10.2. The molecule has 0 radical (unpaired) electrons. The Bertz CT molecular complexity index is 525. The van der Waals surface area contributed by atoms with Crippen LogP contribution in [-0.4, -0.2) is 9.78 Å². The van der Waals surface area contributed by atoms with E-state index in [1.165, 1.54) is 6.07 Å². The van der Waals surface area contributed by atoms with E-state index in [-0.39, 0.29) is 5.82 Å². The molecule has 0 saturated carbocycles. The summed E-state index contributed by atoms with van der Waals surface area (Å²) in [5, 5.41) is 4.23. The fraction of sp³-hybridized carbons (Fsp3) is 0.182. The largest absolute Gasteiger partial charge is 0.240 e. The van der Waals surface area contributed by atoms with Crippen molar-refractivity contribution >= 4 is 27.5 Å². The van der Waals surface area contributed by atoms with Crippen LogP contribution in [0.5, 0.6) is 0 Å². The molecule has 0 amide bonds. The first kappa shape index (κ1) is 11.6. The van der Waals surface area contributed by atoms with Crippen LogP contribution in [0.25, 0.3) is 5.69 Å². The first-order valence-electron chi connectivity index (χ1n) is 4.68. The fourth-order valence-electron chi connectivity index (χ4n) is 1.45. The van der Waals surface area contributed by atoms with Gasteiger partial charge in [0.05, 0.1) is 21.7 Å². The molecule has 2 nitrogen and oxygen atoms in total. The van der Waals surface area contributed by atoms with E-state index >= 15 is 0 Å². The Labute approximate surface area is 106 Å². The monoisotopic (exact) mass is 302 g/mol. The Morgan fingerprint density at radius 1 is 1.50 bits per heavy atom. The van der Waals surface area contributed by atoms with E-state index in [1.54, 1.807) is 16.9 Å². The molecule has 0 aliphatic rings. The summed E-state index contributed by atoms with van der Waals surface area (Å²) >= 11 is 8.81. The van der Waals surface area contributed by atoms with Crippen LogP contribution in [-0.2, 0) is 5.88 Å². The van der Waals surface area contributed by atoms with E-state index in [4.69, 9.17) is 11.6 Å². The van der Waals surface area contributed by atoms with Gasteiger partial charge >= 0.3 is 0 Å². The van der Waals surface area contributed by atoms with Crippen molar-refractivity contribution < 1.29 is 4.39 Å². The second-order valence-electron chi connectivity index (χ2n) is 3.44. The summed E-state index contributed by atoms with van der Waals surface area (Å²) < 4.78 is 15.5. The molecular formula is C11H9BrClFN2. The molecule has 1 heterocycles. The molecule has 0 unspecified atom stereocenters. The Kier molecular flexibility index (Phi) is 3.30. The first-order valence-corrected chi connectivity index (χ1v) is 6.01. The SMILES string of the molecule is Cc1cc(Br)c(F)cc1-n1ccc(CCl)n1. The van der Waals surface area contributed by atoms with Crippen molar-refractivity contribution in [3.8, 4) is 5.69 Å². The average Bonchev–Trinajstić information content (AvgIpc) is 2.71. The van der Waals surface area contributed by atoms with Gasteiger partial charge in [0, 0.05) is 12.3 Å². The molecule has 2 rings (SSSR count). The predicted octanol–water partition coefficient (Wildman–Crippen LogP) is 3.82. The van der Waals surface area contributed by atoms with Gasteiger partial charge in [-0.15, -0.1) is 11.6 Å². The number of hydrogen-bond acceptors (Lipinski definition) is 1. The van der Waals surface area contributed by atoms with Gasteiger partial charge in [-0.1, -0.05) is 0 Å². The molecule has 16 heavy (non-hydrogen) atoms. The second kappa shape index (κ2) is 4.55. The molecule has 0 aliphatic heterocycles. The van der Waals surface area contributed by atoms with E-state index in [1.807, 2.05) is 13.0 Å². The summed E-state index contributed by atoms with van der Waals surface area (Å²) in [4.78, 5) is 0. The molecule has 0 fully saturated rings. The second-order valence-corrected chi connectivity index (χ2v) is 4.56. The minimum absolute atomic E-state index is 0.302. The van der Waals surface area contributed by atoms with E-state index in [9.17, 15) is 4.39 Å². The summed E-state index contributed by atoms with van der Waals surface area (Å²) in [5.74, 6) is 0.0499. The standard InChI is InChI=1S/C11H9BrClFN2/c1-7-4-9(12)10(14)5-11(7)16-3-2-8(6-13)15-16/h2-5H,6H2,1H3. The lowest BCUT2D eigenvalue weighted by Gasteiger charge is -2.07. The van der Waals surface area contributed by atoms with E-state index in [0.29, 0.717) is 10.4 Å². The number of halogens is 3. The zero-order valence-electron chi connectivity index (χ0n) is 8.54. The molecule has 0 saturated heterocycles. The molecular weight excluding hydrogens is 294 g/mol. The van der Waals surface area contributed by atoms with Crippen molar-refractivity contribution in [2.45, 2.75) is 12.8 Å². The summed E-state index contributed by atoms with van der Waals surface area (Å²) in [6, 6.07) is 4.99. The molecule has 5 heteroatoms. The van der Waals surface area contributed by atoms with Crippen molar-refractivity contribution in [2.24, 2.45) is 0 Å². The van der Waals surface area contributed by atoms with E-state index in [2.05, 4.69) is 21.0 Å². The maximum absolute atomic E-state index is 13.4. The molecule has 2 aromatic rings. The zero-order valence-corrected chi connectivity index (χ0v) is 10.9. The molecule has 0 N–H and O–H groups in total. The quantitative estimate of drug-likeness (QED) is 0.771. The number of hydrogen-bond donors (Lipinski definition) is 0. The molecule has 0 bridgehead atoms. The van der Waals surface area contributed by atoms with Gasteiger partial charge in [0.1, 0.15) is 5.82 Å². The Morgan fingerprint density at radius 3 is 2.88 bits per heavy atom. The highest BCUT2D eigenvalue weighted by atomic mass is 79.9. The molecule has 1 aromatic carbocycles. The summed E-state index contributed by atoms with van der Waals surface area (Å²) in [7, 11) is 0. The molecule has 0 aliphatic carbocycles. The van der Waals surface area contributed by atoms with Gasteiger partial charge in [-0.3, -0.25) is 0 Å². The van der Waals surface area contributed by atoms with Gasteiger partial charge < -0.3 is 0 Å². The van der Waals surface area contributed by atoms with Crippen LogP contribution in [0.15, 0.2) is 28.9 Å². The third-order valence-corrected chi connectivity index (χ3v) is 3.15. The molecule has 0 spiro atoms. The maximum Gasteiger partial charge on any atom is 0.139 e. The van der Waals surface area contributed by atoms with Gasteiger partial charge in [-0.05, 0) is 40.5 Å². The molecule has 84 valence electrons. The lowest BCUT2D eigenvalue weighted by molar-refractivity contribution is 0.618. The number of aryl methyl sites for hydroxylation is 1. The van der Waals surface area contributed by atoms with Crippen LogP contribution in [0.1, 0.15) is 11.3 Å². The lowest BCUT2D eigenvalue weighted by Crippen LogP contribution is -1.99. The van der Waals surface area contributed by atoms with Gasteiger partial charge in [0.15, 0.2) is 0 Å². The number of aromatic nitrogens is 2. The van der Waals surface area contributed by atoms with Gasteiger partial charge in [-0.25, -0.2) is 9.07 Å². The van der Waals surface area contributed by atoms with Crippen molar-refractivity contribution in [1.29, 1.82) is 0 Å². The van der Waals surface area contributed by atoms with Crippen LogP contribution in [0.3, 0.4) is 0 Å². The highest BCUT2D eigenvalue weighted by Gasteiger charge is 2.08. The third-order valence-electron chi connectivity index (χ3n) is 2.27. The summed E-state index contributed by atoms with van der Waals surface area (Å²) in [6.07, 6.45) is 1.77. The minimum atomic E-state index is -0.302. The van der Waals surface area contributed by atoms with Crippen LogP contribution in [0.4, 0.5) is 4.39 Å². The van der Waals surface area contributed by atoms with Gasteiger partial charge in [0.25, 0.3) is 0 Å². The zero-order chi connectivity index (χ0) is 11.7. The number of alkyl halides is 1. The van der Waals surface area contributed by atoms with Crippen LogP contribution >= 0.6 is 27.5 Å². The number of benzene rings is 1. The van der Waals surface area contributed by atoms with Crippen molar-refractivity contribution in [3.63, 3.8) is 0 Å². The smallest absolute Gasteiger partial charge is 0.139 e.